The second kappa shape index (κ2) is 6.21. The van der Waals surface area contributed by atoms with Crippen LogP contribution in [0.1, 0.15) is 41.0 Å². The Morgan fingerprint density at radius 3 is 2.12 bits per heavy atom. The minimum atomic E-state index is -0.951. The van der Waals surface area contributed by atoms with Gasteiger partial charge in [-0.15, -0.1) is 0 Å². The number of carboxylic acid groups (broad SMARTS) is 1. The summed E-state index contributed by atoms with van der Waals surface area (Å²) in [5, 5.41) is 17.9. The molecule has 0 heterocycles. The summed E-state index contributed by atoms with van der Waals surface area (Å²) in [6.45, 7) is 10.1. The molecule has 0 aromatic heterocycles. The lowest BCUT2D eigenvalue weighted by molar-refractivity contribution is -0.0230. The molecule has 2 N–H and O–H groups in total. The molecule has 0 fully saturated rings. The maximum atomic E-state index is 11.3. The maximum absolute atomic E-state index is 11.3. The fourth-order valence-electron chi connectivity index (χ4n) is 2.01. The molecule has 102 valence electrons. The van der Waals surface area contributed by atoms with E-state index < -0.39 is 17.2 Å². The molecular weight excluding hydrogens is 222 g/mol. The van der Waals surface area contributed by atoms with Gasteiger partial charge < -0.3 is 14.9 Å². The van der Waals surface area contributed by atoms with Crippen LogP contribution in [0, 0.1) is 0 Å². The van der Waals surface area contributed by atoms with E-state index in [1.807, 2.05) is 34.6 Å². The predicted octanol–water partition coefficient (Wildman–Crippen LogP) is 1.94. The van der Waals surface area contributed by atoms with Crippen LogP contribution >= 0.6 is 0 Å². The van der Waals surface area contributed by atoms with Crippen molar-refractivity contribution in [1.82, 2.24) is 4.90 Å². The molecule has 0 radical (unpaired) electrons. The van der Waals surface area contributed by atoms with Gasteiger partial charge in [0.05, 0.1) is 12.1 Å². The van der Waals surface area contributed by atoms with E-state index in [-0.39, 0.29) is 6.61 Å². The average molecular weight is 247 g/mol. The summed E-state index contributed by atoms with van der Waals surface area (Å²) in [5.41, 5.74) is -1.07. The summed E-state index contributed by atoms with van der Waals surface area (Å²) in [4.78, 5) is 12.7. The zero-order valence-electron chi connectivity index (χ0n) is 11.5. The van der Waals surface area contributed by atoms with Crippen molar-refractivity contribution in [2.24, 2.45) is 0 Å². The number of amides is 1. The van der Waals surface area contributed by atoms with Gasteiger partial charge in [0.2, 0.25) is 0 Å². The van der Waals surface area contributed by atoms with Crippen LogP contribution in [0.4, 0.5) is 4.79 Å². The number of carbonyl (C=O) groups is 1. The first-order chi connectivity index (χ1) is 7.63. The predicted molar refractivity (Wildman–Crippen MR) is 66.2 cm³/mol. The minimum Gasteiger partial charge on any atom is -0.465 e. The zero-order chi connectivity index (χ0) is 13.7. The summed E-state index contributed by atoms with van der Waals surface area (Å²) in [6, 6.07) is 0. The number of ether oxygens (including phenoxy) is 1. The molecule has 0 aromatic rings. The summed E-state index contributed by atoms with van der Waals surface area (Å²) in [5.74, 6) is 0. The van der Waals surface area contributed by atoms with Crippen molar-refractivity contribution in [2.75, 3.05) is 19.8 Å². The molecule has 0 atom stereocenters. The summed E-state index contributed by atoms with van der Waals surface area (Å²) in [6.07, 6.45) is -0.383. The molecule has 0 spiro atoms. The fourth-order valence-corrected chi connectivity index (χ4v) is 2.01. The molecule has 0 rings (SSSR count). The minimum absolute atomic E-state index is 0.0857. The summed E-state index contributed by atoms with van der Waals surface area (Å²) in [7, 11) is 0. The first-order valence-electron chi connectivity index (χ1n) is 5.85. The SMILES string of the molecule is CC(C)(C)N(C(=O)O)C(C)(C)COCCCO. The van der Waals surface area contributed by atoms with E-state index in [1.54, 1.807) is 0 Å². The normalized spacial score (nSPS) is 12.6. The highest BCUT2D eigenvalue weighted by atomic mass is 16.5. The molecule has 0 aliphatic carbocycles. The Kier molecular flexibility index (Phi) is 5.92. The Hall–Kier alpha value is -0.810. The van der Waals surface area contributed by atoms with Gasteiger partial charge in [-0.2, -0.15) is 0 Å². The molecule has 0 unspecified atom stereocenters. The fraction of sp³-hybridized carbons (Fsp3) is 0.917. The van der Waals surface area contributed by atoms with Gasteiger partial charge in [-0.05, 0) is 41.0 Å². The van der Waals surface area contributed by atoms with E-state index >= 15 is 0 Å². The first kappa shape index (κ1) is 16.2. The van der Waals surface area contributed by atoms with Gasteiger partial charge >= 0.3 is 6.09 Å². The third-order valence-corrected chi connectivity index (χ3v) is 2.37. The van der Waals surface area contributed by atoms with Crippen LogP contribution in [-0.2, 0) is 4.74 Å². The van der Waals surface area contributed by atoms with E-state index in [2.05, 4.69) is 0 Å². The van der Waals surface area contributed by atoms with Gasteiger partial charge in [-0.1, -0.05) is 0 Å². The van der Waals surface area contributed by atoms with Crippen molar-refractivity contribution in [3.63, 3.8) is 0 Å². The van der Waals surface area contributed by atoms with E-state index in [0.29, 0.717) is 19.6 Å². The molecule has 0 aliphatic rings. The third-order valence-electron chi connectivity index (χ3n) is 2.37. The number of nitrogens with zero attached hydrogens (tertiary/aromatic N) is 1. The molecule has 0 aromatic carbocycles. The summed E-state index contributed by atoms with van der Waals surface area (Å²) >= 11 is 0. The van der Waals surface area contributed by atoms with E-state index in [1.165, 1.54) is 4.90 Å². The van der Waals surface area contributed by atoms with Crippen LogP contribution in [0.15, 0.2) is 0 Å². The van der Waals surface area contributed by atoms with Crippen molar-refractivity contribution in [3.05, 3.63) is 0 Å². The van der Waals surface area contributed by atoms with E-state index in [0.717, 1.165) is 0 Å². The molecule has 0 bridgehead atoms. The van der Waals surface area contributed by atoms with Crippen LogP contribution in [0.2, 0.25) is 0 Å². The van der Waals surface area contributed by atoms with Gasteiger partial charge in [0, 0.05) is 18.8 Å². The zero-order valence-corrected chi connectivity index (χ0v) is 11.5. The standard InChI is InChI=1S/C12H25NO4/c1-11(2,3)13(10(15)16)12(4,5)9-17-8-6-7-14/h14H,6-9H2,1-5H3,(H,15,16). The van der Waals surface area contributed by atoms with Gasteiger partial charge in [-0.25, -0.2) is 4.79 Å². The number of hydrogen-bond acceptors (Lipinski definition) is 3. The summed E-state index contributed by atoms with van der Waals surface area (Å²) < 4.78 is 5.40. The Balaban J connectivity index is 4.57. The monoisotopic (exact) mass is 247 g/mol. The molecule has 0 aliphatic heterocycles. The van der Waals surface area contributed by atoms with Gasteiger partial charge in [0.25, 0.3) is 0 Å². The lowest BCUT2D eigenvalue weighted by Gasteiger charge is -2.44. The Bertz CT molecular complexity index is 245. The molecule has 17 heavy (non-hydrogen) atoms. The highest BCUT2D eigenvalue weighted by Gasteiger charge is 2.38. The molecule has 0 saturated heterocycles. The lowest BCUT2D eigenvalue weighted by Crippen LogP contribution is -2.58. The highest BCUT2D eigenvalue weighted by molar-refractivity contribution is 5.67. The van der Waals surface area contributed by atoms with E-state index in [9.17, 15) is 9.90 Å². The molecule has 5 heteroatoms. The second-order valence-corrected chi connectivity index (χ2v) is 5.73. The van der Waals surface area contributed by atoms with Crippen molar-refractivity contribution in [1.29, 1.82) is 0 Å². The topological polar surface area (TPSA) is 70.0 Å². The number of aliphatic hydroxyl groups excluding tert-OH is 1. The van der Waals surface area contributed by atoms with Gasteiger partial charge in [0.1, 0.15) is 0 Å². The number of aliphatic hydroxyl groups is 1. The molecule has 0 saturated carbocycles. The van der Waals surface area contributed by atoms with Crippen LogP contribution in [-0.4, -0.2) is 52.1 Å². The number of hydrogen-bond donors (Lipinski definition) is 2. The smallest absolute Gasteiger partial charge is 0.408 e. The first-order valence-corrected chi connectivity index (χ1v) is 5.85. The van der Waals surface area contributed by atoms with Crippen molar-refractivity contribution in [2.45, 2.75) is 52.1 Å². The lowest BCUT2D eigenvalue weighted by atomic mass is 9.96. The maximum Gasteiger partial charge on any atom is 0.408 e. The van der Waals surface area contributed by atoms with Crippen LogP contribution in [0.25, 0.3) is 0 Å². The number of rotatable bonds is 6. The highest BCUT2D eigenvalue weighted by Crippen LogP contribution is 2.25. The largest absolute Gasteiger partial charge is 0.465 e. The average Bonchev–Trinajstić information content (AvgIpc) is 2.08. The molecule has 5 nitrogen and oxygen atoms in total. The van der Waals surface area contributed by atoms with Crippen molar-refractivity contribution < 1.29 is 19.7 Å². The quantitative estimate of drug-likeness (QED) is 0.704. The van der Waals surface area contributed by atoms with Gasteiger partial charge in [-0.3, -0.25) is 4.90 Å². The van der Waals surface area contributed by atoms with Crippen LogP contribution < -0.4 is 0 Å². The second-order valence-electron chi connectivity index (χ2n) is 5.73. The molecule has 1 amide bonds. The van der Waals surface area contributed by atoms with Crippen LogP contribution in [0.5, 0.6) is 0 Å². The Morgan fingerprint density at radius 1 is 1.24 bits per heavy atom. The Morgan fingerprint density at radius 2 is 1.76 bits per heavy atom. The Labute approximate surface area is 103 Å². The van der Waals surface area contributed by atoms with Crippen molar-refractivity contribution in [3.8, 4) is 0 Å². The van der Waals surface area contributed by atoms with Crippen LogP contribution in [0.3, 0.4) is 0 Å². The van der Waals surface area contributed by atoms with E-state index in [4.69, 9.17) is 9.84 Å². The van der Waals surface area contributed by atoms with Crippen molar-refractivity contribution >= 4 is 6.09 Å². The molecular formula is C12H25NO4. The van der Waals surface area contributed by atoms with Gasteiger partial charge in [0.15, 0.2) is 0 Å². The third kappa shape index (κ3) is 5.37.